The number of carbonyl (C=O) groups is 1. The number of aryl methyl sites for hydroxylation is 1. The van der Waals surface area contributed by atoms with Crippen molar-refractivity contribution >= 4 is 12.0 Å². The van der Waals surface area contributed by atoms with E-state index in [2.05, 4.69) is 9.97 Å². The lowest BCUT2D eigenvalue weighted by Crippen LogP contribution is -1.95. The van der Waals surface area contributed by atoms with Crippen molar-refractivity contribution in [3.8, 4) is 0 Å². The van der Waals surface area contributed by atoms with E-state index in [1.807, 2.05) is 6.92 Å². The molecular weight excluding hydrogens is 168 g/mol. The van der Waals surface area contributed by atoms with E-state index in [1.165, 1.54) is 0 Å². The van der Waals surface area contributed by atoms with E-state index in [4.69, 9.17) is 5.11 Å². The van der Waals surface area contributed by atoms with Crippen molar-refractivity contribution in [1.82, 2.24) is 9.97 Å². The SMILES string of the molecule is CCc1ncc(/C=C(\C)C(=O)O)[nH]1. The molecule has 0 aliphatic heterocycles. The summed E-state index contributed by atoms with van der Waals surface area (Å²) >= 11 is 0. The van der Waals surface area contributed by atoms with Crippen LogP contribution in [0.4, 0.5) is 0 Å². The first-order valence-electron chi connectivity index (χ1n) is 4.09. The fourth-order valence-corrected chi connectivity index (χ4v) is 0.927. The first kappa shape index (κ1) is 9.51. The van der Waals surface area contributed by atoms with Gasteiger partial charge in [0.2, 0.25) is 0 Å². The Kier molecular flexibility index (Phi) is 2.84. The van der Waals surface area contributed by atoms with E-state index in [1.54, 1.807) is 19.2 Å². The van der Waals surface area contributed by atoms with Crippen molar-refractivity contribution in [2.24, 2.45) is 0 Å². The first-order chi connectivity index (χ1) is 6.13. The number of nitrogens with one attached hydrogen (secondary N) is 1. The summed E-state index contributed by atoms with van der Waals surface area (Å²) < 4.78 is 0. The van der Waals surface area contributed by atoms with Gasteiger partial charge in [-0.1, -0.05) is 6.92 Å². The lowest BCUT2D eigenvalue weighted by Gasteiger charge is -1.90. The number of rotatable bonds is 3. The van der Waals surface area contributed by atoms with Crippen LogP contribution in [-0.2, 0) is 11.2 Å². The molecule has 0 saturated carbocycles. The number of carboxylic acids is 1. The fraction of sp³-hybridized carbons (Fsp3) is 0.333. The molecule has 0 aromatic carbocycles. The molecule has 1 rings (SSSR count). The second kappa shape index (κ2) is 3.89. The average Bonchev–Trinajstić information content (AvgIpc) is 2.52. The molecule has 4 heteroatoms. The summed E-state index contributed by atoms with van der Waals surface area (Å²) in [5, 5.41) is 8.60. The van der Waals surface area contributed by atoms with Crippen LogP contribution in [-0.4, -0.2) is 21.0 Å². The zero-order chi connectivity index (χ0) is 9.84. The van der Waals surface area contributed by atoms with E-state index >= 15 is 0 Å². The largest absolute Gasteiger partial charge is 0.478 e. The van der Waals surface area contributed by atoms with E-state index in [-0.39, 0.29) is 0 Å². The molecule has 0 amide bonds. The van der Waals surface area contributed by atoms with Crippen LogP contribution in [0.1, 0.15) is 25.4 Å². The average molecular weight is 180 g/mol. The molecule has 1 aromatic rings. The Morgan fingerprint density at radius 2 is 2.46 bits per heavy atom. The van der Waals surface area contributed by atoms with Crippen molar-refractivity contribution in [3.05, 3.63) is 23.3 Å². The van der Waals surface area contributed by atoms with Gasteiger partial charge in [0.15, 0.2) is 0 Å². The zero-order valence-electron chi connectivity index (χ0n) is 7.66. The van der Waals surface area contributed by atoms with Gasteiger partial charge in [0, 0.05) is 12.0 Å². The van der Waals surface area contributed by atoms with Crippen molar-refractivity contribution in [2.45, 2.75) is 20.3 Å². The standard InChI is InChI=1S/C9H12N2O2/c1-3-8-10-5-7(11-8)4-6(2)9(12)13/h4-5H,3H2,1-2H3,(H,10,11)(H,12,13)/b6-4+. The molecule has 70 valence electrons. The number of imidazole rings is 1. The molecule has 4 nitrogen and oxygen atoms in total. The third kappa shape index (κ3) is 2.43. The summed E-state index contributed by atoms with van der Waals surface area (Å²) in [6.45, 7) is 3.53. The van der Waals surface area contributed by atoms with Crippen LogP contribution in [0.15, 0.2) is 11.8 Å². The minimum atomic E-state index is -0.910. The van der Waals surface area contributed by atoms with Gasteiger partial charge in [-0.2, -0.15) is 0 Å². The lowest BCUT2D eigenvalue weighted by molar-refractivity contribution is -0.132. The molecular formula is C9H12N2O2. The molecule has 0 aliphatic rings. The third-order valence-electron chi connectivity index (χ3n) is 1.69. The van der Waals surface area contributed by atoms with Crippen LogP contribution >= 0.6 is 0 Å². The van der Waals surface area contributed by atoms with Crippen LogP contribution in [0.2, 0.25) is 0 Å². The second-order valence-corrected chi connectivity index (χ2v) is 2.77. The van der Waals surface area contributed by atoms with Crippen LogP contribution in [0.25, 0.3) is 6.08 Å². The topological polar surface area (TPSA) is 66.0 Å². The molecule has 2 N–H and O–H groups in total. The van der Waals surface area contributed by atoms with Crippen LogP contribution in [0, 0.1) is 0 Å². The molecule has 0 fully saturated rings. The third-order valence-corrected chi connectivity index (χ3v) is 1.69. The van der Waals surface area contributed by atoms with E-state index in [9.17, 15) is 4.79 Å². The maximum atomic E-state index is 10.5. The normalized spacial score (nSPS) is 11.7. The highest BCUT2D eigenvalue weighted by Crippen LogP contribution is 2.04. The molecule has 1 aromatic heterocycles. The number of aliphatic carboxylic acids is 1. The molecule has 0 bridgehead atoms. The highest BCUT2D eigenvalue weighted by molar-refractivity contribution is 5.91. The van der Waals surface area contributed by atoms with Crippen LogP contribution < -0.4 is 0 Å². The Labute approximate surface area is 76.3 Å². The monoisotopic (exact) mass is 180 g/mol. The minimum Gasteiger partial charge on any atom is -0.478 e. The summed E-state index contributed by atoms with van der Waals surface area (Å²) in [5.74, 6) is -0.0444. The number of aromatic nitrogens is 2. The summed E-state index contributed by atoms with van der Waals surface area (Å²) in [4.78, 5) is 17.5. The van der Waals surface area contributed by atoms with Gasteiger partial charge in [0.25, 0.3) is 0 Å². The predicted octanol–water partition coefficient (Wildman–Crippen LogP) is 1.46. The zero-order valence-corrected chi connectivity index (χ0v) is 7.66. The van der Waals surface area contributed by atoms with Crippen LogP contribution in [0.3, 0.4) is 0 Å². The van der Waals surface area contributed by atoms with Gasteiger partial charge in [-0.05, 0) is 13.0 Å². The molecule has 0 unspecified atom stereocenters. The fourth-order valence-electron chi connectivity index (χ4n) is 0.927. The van der Waals surface area contributed by atoms with Gasteiger partial charge >= 0.3 is 5.97 Å². The number of hydrogen-bond donors (Lipinski definition) is 2. The highest BCUT2D eigenvalue weighted by Gasteiger charge is 2.01. The second-order valence-electron chi connectivity index (χ2n) is 2.77. The Balaban J connectivity index is 2.84. The minimum absolute atomic E-state index is 0.298. The Bertz CT molecular complexity index is 339. The van der Waals surface area contributed by atoms with Gasteiger partial charge in [0.1, 0.15) is 5.82 Å². The highest BCUT2D eigenvalue weighted by atomic mass is 16.4. The summed E-state index contributed by atoms with van der Waals surface area (Å²) in [6, 6.07) is 0. The molecule has 13 heavy (non-hydrogen) atoms. The maximum Gasteiger partial charge on any atom is 0.331 e. The van der Waals surface area contributed by atoms with Gasteiger partial charge in [-0.3, -0.25) is 0 Å². The Morgan fingerprint density at radius 1 is 1.77 bits per heavy atom. The van der Waals surface area contributed by atoms with Crippen molar-refractivity contribution in [1.29, 1.82) is 0 Å². The lowest BCUT2D eigenvalue weighted by atomic mass is 10.2. The Hall–Kier alpha value is -1.58. The molecule has 1 heterocycles. The number of nitrogens with zero attached hydrogens (tertiary/aromatic N) is 1. The molecule has 0 aliphatic carbocycles. The van der Waals surface area contributed by atoms with Gasteiger partial charge < -0.3 is 10.1 Å². The number of aromatic amines is 1. The Morgan fingerprint density at radius 3 is 2.92 bits per heavy atom. The maximum absolute atomic E-state index is 10.5. The first-order valence-corrected chi connectivity index (χ1v) is 4.09. The van der Waals surface area contributed by atoms with Crippen molar-refractivity contribution in [2.75, 3.05) is 0 Å². The van der Waals surface area contributed by atoms with Gasteiger partial charge in [-0.25, -0.2) is 9.78 Å². The van der Waals surface area contributed by atoms with E-state index in [0.29, 0.717) is 5.57 Å². The molecule has 0 saturated heterocycles. The molecule has 0 spiro atoms. The number of H-pyrrole nitrogens is 1. The summed E-state index contributed by atoms with van der Waals surface area (Å²) in [6.07, 6.45) is 4.01. The van der Waals surface area contributed by atoms with Gasteiger partial charge in [0.05, 0.1) is 11.9 Å². The van der Waals surface area contributed by atoms with Crippen LogP contribution in [0.5, 0.6) is 0 Å². The quantitative estimate of drug-likeness (QED) is 0.692. The van der Waals surface area contributed by atoms with Gasteiger partial charge in [-0.15, -0.1) is 0 Å². The summed E-state index contributed by atoms with van der Waals surface area (Å²) in [5.41, 5.74) is 1.03. The van der Waals surface area contributed by atoms with Crippen molar-refractivity contribution < 1.29 is 9.90 Å². The number of hydrogen-bond acceptors (Lipinski definition) is 2. The summed E-state index contributed by atoms with van der Waals surface area (Å²) in [7, 11) is 0. The van der Waals surface area contributed by atoms with E-state index < -0.39 is 5.97 Å². The molecule has 0 radical (unpaired) electrons. The van der Waals surface area contributed by atoms with E-state index in [0.717, 1.165) is 17.9 Å². The molecule has 0 atom stereocenters. The smallest absolute Gasteiger partial charge is 0.331 e. The van der Waals surface area contributed by atoms with Crippen molar-refractivity contribution in [3.63, 3.8) is 0 Å². The predicted molar refractivity (Wildman–Crippen MR) is 49.3 cm³/mol. The number of carboxylic acid groups (broad SMARTS) is 1.